The monoisotopic (exact) mass is 311 g/mol. The van der Waals surface area contributed by atoms with E-state index in [9.17, 15) is 4.79 Å². The third-order valence-corrected chi connectivity index (χ3v) is 5.27. The quantitative estimate of drug-likeness (QED) is 0.447. The molecular weight excluding hydrogens is 290 g/mol. The van der Waals surface area contributed by atoms with Crippen LogP contribution in [0.5, 0.6) is 0 Å². The Kier molecular flexibility index (Phi) is 4.94. The van der Waals surface area contributed by atoms with Gasteiger partial charge < -0.3 is 0 Å². The highest BCUT2D eigenvalue weighted by molar-refractivity contribution is 7.99. The Morgan fingerprint density at radius 1 is 1.18 bits per heavy atom. The number of nitrogens with zero attached hydrogens (tertiary/aromatic N) is 1. The molecule has 0 amide bonds. The number of aryl methyl sites for hydroxylation is 1. The molecule has 0 atom stereocenters. The zero-order valence-electron chi connectivity index (χ0n) is 13.0. The summed E-state index contributed by atoms with van der Waals surface area (Å²) in [6, 6.07) is 10.5. The minimum atomic E-state index is 0.101. The summed E-state index contributed by atoms with van der Waals surface area (Å²) in [6.07, 6.45) is 7.44. The smallest absolute Gasteiger partial charge is 0.178 e. The number of thioether (sulfide) groups is 1. The zero-order chi connectivity index (χ0) is 15.4. The topological polar surface area (TPSA) is 30.0 Å². The summed E-state index contributed by atoms with van der Waals surface area (Å²) in [4.78, 5) is 17.4. The fourth-order valence-corrected chi connectivity index (χ4v) is 4.02. The summed E-state index contributed by atoms with van der Waals surface area (Å²) in [5, 5.41) is 0. The Labute approximate surface area is 136 Å². The average Bonchev–Trinajstić information content (AvgIpc) is 3.02. The number of benzene rings is 1. The number of ketones is 1. The SMILES string of the molecule is CC(=O)c1ncc(CCCSc2ccccc2)c2c1CCC2. The normalized spacial score (nSPS) is 13.1. The van der Waals surface area contributed by atoms with Crippen LogP contribution in [0.1, 0.15) is 46.9 Å². The van der Waals surface area contributed by atoms with Crippen LogP contribution in [-0.2, 0) is 19.3 Å². The number of pyridine rings is 1. The second-order valence-corrected chi connectivity index (χ2v) is 6.93. The fourth-order valence-electron chi connectivity index (χ4n) is 3.15. The summed E-state index contributed by atoms with van der Waals surface area (Å²) in [7, 11) is 0. The van der Waals surface area contributed by atoms with Crippen LogP contribution in [0.4, 0.5) is 0 Å². The van der Waals surface area contributed by atoms with E-state index in [1.54, 1.807) is 6.92 Å². The number of hydrogen-bond acceptors (Lipinski definition) is 3. The van der Waals surface area contributed by atoms with Gasteiger partial charge in [0, 0.05) is 18.0 Å². The molecule has 0 bridgehead atoms. The Bertz CT molecular complexity index is 667. The number of fused-ring (bicyclic) bond motifs is 1. The molecule has 0 fully saturated rings. The molecule has 2 nitrogen and oxygen atoms in total. The number of carbonyl (C=O) groups excluding carboxylic acids is 1. The van der Waals surface area contributed by atoms with Gasteiger partial charge in [-0.25, -0.2) is 0 Å². The Balaban J connectivity index is 1.62. The van der Waals surface area contributed by atoms with Gasteiger partial charge in [-0.2, -0.15) is 0 Å². The Morgan fingerprint density at radius 3 is 2.73 bits per heavy atom. The van der Waals surface area contributed by atoms with Gasteiger partial charge in [-0.1, -0.05) is 18.2 Å². The van der Waals surface area contributed by atoms with E-state index in [1.807, 2.05) is 18.0 Å². The van der Waals surface area contributed by atoms with Gasteiger partial charge >= 0.3 is 0 Å². The number of rotatable bonds is 6. The predicted octanol–water partition coefficient (Wildman–Crippen LogP) is 4.50. The molecule has 1 aliphatic carbocycles. The van der Waals surface area contributed by atoms with Crippen molar-refractivity contribution in [3.05, 3.63) is 58.9 Å². The molecule has 0 unspecified atom stereocenters. The molecule has 0 aliphatic heterocycles. The molecule has 0 N–H and O–H groups in total. The molecule has 3 rings (SSSR count). The van der Waals surface area contributed by atoms with Crippen molar-refractivity contribution in [2.45, 2.75) is 43.9 Å². The predicted molar refractivity (Wildman–Crippen MR) is 91.8 cm³/mol. The standard InChI is InChI=1S/C19H21NOS/c1-14(21)19-18-11-5-10-17(18)15(13-20-19)7-6-12-22-16-8-3-2-4-9-16/h2-4,8-9,13H,5-7,10-12H2,1H3. The van der Waals surface area contributed by atoms with Gasteiger partial charge in [0.2, 0.25) is 0 Å². The lowest BCUT2D eigenvalue weighted by Gasteiger charge is -2.10. The fraction of sp³-hybridized carbons (Fsp3) is 0.368. The molecular formula is C19H21NOS. The summed E-state index contributed by atoms with van der Waals surface area (Å²) in [6.45, 7) is 1.62. The van der Waals surface area contributed by atoms with E-state index in [-0.39, 0.29) is 5.78 Å². The Hall–Kier alpha value is -1.61. The second kappa shape index (κ2) is 7.10. The number of Topliss-reactive ketones (excluding diaryl/α,β-unsaturated/α-hetero) is 1. The minimum Gasteiger partial charge on any atom is -0.293 e. The van der Waals surface area contributed by atoms with Crippen LogP contribution < -0.4 is 0 Å². The van der Waals surface area contributed by atoms with Crippen LogP contribution in [0.3, 0.4) is 0 Å². The summed E-state index contributed by atoms with van der Waals surface area (Å²) in [5.74, 6) is 1.22. The van der Waals surface area contributed by atoms with Gasteiger partial charge in [0.25, 0.3) is 0 Å². The van der Waals surface area contributed by atoms with Crippen LogP contribution >= 0.6 is 11.8 Å². The van der Waals surface area contributed by atoms with E-state index in [4.69, 9.17) is 0 Å². The number of carbonyl (C=O) groups is 1. The molecule has 1 aromatic carbocycles. The first-order chi connectivity index (χ1) is 10.8. The lowest BCUT2D eigenvalue weighted by atomic mass is 9.99. The van der Waals surface area contributed by atoms with E-state index < -0.39 is 0 Å². The maximum atomic E-state index is 11.7. The van der Waals surface area contributed by atoms with Crippen LogP contribution in [0, 0.1) is 0 Å². The van der Waals surface area contributed by atoms with Crippen molar-refractivity contribution in [3.8, 4) is 0 Å². The van der Waals surface area contributed by atoms with Gasteiger partial charge in [0.1, 0.15) is 5.69 Å². The van der Waals surface area contributed by atoms with Gasteiger partial charge in [-0.15, -0.1) is 11.8 Å². The van der Waals surface area contributed by atoms with Gasteiger partial charge in [0.05, 0.1) is 0 Å². The third-order valence-electron chi connectivity index (χ3n) is 4.18. The van der Waals surface area contributed by atoms with E-state index >= 15 is 0 Å². The van der Waals surface area contributed by atoms with Crippen LogP contribution in [0.15, 0.2) is 41.4 Å². The maximum Gasteiger partial charge on any atom is 0.178 e. The molecule has 114 valence electrons. The van der Waals surface area contributed by atoms with Gasteiger partial charge in [0.15, 0.2) is 5.78 Å². The van der Waals surface area contributed by atoms with Crippen LogP contribution in [0.2, 0.25) is 0 Å². The lowest BCUT2D eigenvalue weighted by Crippen LogP contribution is -2.06. The first-order valence-electron chi connectivity index (χ1n) is 7.94. The molecule has 0 saturated heterocycles. The van der Waals surface area contributed by atoms with Crippen molar-refractivity contribution in [1.29, 1.82) is 0 Å². The highest BCUT2D eigenvalue weighted by atomic mass is 32.2. The minimum absolute atomic E-state index is 0.101. The van der Waals surface area contributed by atoms with E-state index in [2.05, 4.69) is 35.3 Å². The molecule has 0 spiro atoms. The molecule has 0 radical (unpaired) electrons. The molecule has 2 aromatic rings. The maximum absolute atomic E-state index is 11.7. The van der Waals surface area contributed by atoms with Crippen molar-refractivity contribution >= 4 is 17.5 Å². The first kappa shape index (κ1) is 15.3. The van der Waals surface area contributed by atoms with Crippen molar-refractivity contribution in [2.24, 2.45) is 0 Å². The molecule has 3 heteroatoms. The van der Waals surface area contributed by atoms with Crippen molar-refractivity contribution in [3.63, 3.8) is 0 Å². The number of aromatic nitrogens is 1. The molecule has 22 heavy (non-hydrogen) atoms. The van der Waals surface area contributed by atoms with E-state index in [1.165, 1.54) is 21.6 Å². The van der Waals surface area contributed by atoms with Crippen molar-refractivity contribution < 1.29 is 4.79 Å². The zero-order valence-corrected chi connectivity index (χ0v) is 13.8. The average molecular weight is 311 g/mol. The molecule has 0 saturated carbocycles. The van der Waals surface area contributed by atoms with E-state index in [0.717, 1.165) is 37.9 Å². The second-order valence-electron chi connectivity index (χ2n) is 5.76. The highest BCUT2D eigenvalue weighted by Gasteiger charge is 2.21. The Morgan fingerprint density at radius 2 is 1.95 bits per heavy atom. The third kappa shape index (κ3) is 3.41. The molecule has 1 aromatic heterocycles. The molecule has 1 aliphatic rings. The first-order valence-corrected chi connectivity index (χ1v) is 8.92. The highest BCUT2D eigenvalue weighted by Crippen LogP contribution is 2.29. The lowest BCUT2D eigenvalue weighted by molar-refractivity contribution is 0.101. The number of hydrogen-bond donors (Lipinski definition) is 0. The van der Waals surface area contributed by atoms with Gasteiger partial charge in [-0.05, 0) is 66.7 Å². The van der Waals surface area contributed by atoms with Crippen LogP contribution in [0.25, 0.3) is 0 Å². The summed E-state index contributed by atoms with van der Waals surface area (Å²) >= 11 is 1.91. The largest absolute Gasteiger partial charge is 0.293 e. The van der Waals surface area contributed by atoms with Crippen molar-refractivity contribution in [2.75, 3.05) is 5.75 Å². The summed E-state index contributed by atoms with van der Waals surface area (Å²) in [5.41, 5.74) is 4.69. The van der Waals surface area contributed by atoms with E-state index in [0.29, 0.717) is 5.69 Å². The van der Waals surface area contributed by atoms with Gasteiger partial charge in [-0.3, -0.25) is 9.78 Å². The summed E-state index contributed by atoms with van der Waals surface area (Å²) < 4.78 is 0. The molecule has 1 heterocycles. The van der Waals surface area contributed by atoms with Crippen molar-refractivity contribution in [1.82, 2.24) is 4.98 Å². The van der Waals surface area contributed by atoms with Crippen LogP contribution in [-0.4, -0.2) is 16.5 Å².